The third kappa shape index (κ3) is 4.20. The average molecular weight is 259 g/mol. The van der Waals surface area contributed by atoms with Gasteiger partial charge in [0.2, 0.25) is 0 Å². The molecule has 0 saturated heterocycles. The molecule has 0 radical (unpaired) electrons. The van der Waals surface area contributed by atoms with Gasteiger partial charge in [0, 0.05) is 32.4 Å². The van der Waals surface area contributed by atoms with Gasteiger partial charge in [-0.05, 0) is 62.1 Å². The van der Waals surface area contributed by atoms with Crippen molar-refractivity contribution in [3.8, 4) is 0 Å². The molecule has 0 bridgehead atoms. The number of aromatic nitrogens is 1. The Morgan fingerprint density at radius 2 is 1.89 bits per heavy atom. The zero-order chi connectivity index (χ0) is 13.1. The molecule has 0 atom stereocenters. The van der Waals surface area contributed by atoms with Crippen molar-refractivity contribution in [2.45, 2.75) is 39.2 Å². The first-order valence-electron chi connectivity index (χ1n) is 7.74. The largest absolute Gasteiger partial charge is 0.370 e. The van der Waals surface area contributed by atoms with E-state index in [1.54, 1.807) is 0 Å². The average Bonchev–Trinajstić information content (AvgIpc) is 3.26. The maximum Gasteiger partial charge on any atom is 0.126 e. The lowest BCUT2D eigenvalue weighted by Crippen LogP contribution is -2.27. The van der Waals surface area contributed by atoms with Crippen molar-refractivity contribution < 1.29 is 0 Å². The summed E-state index contributed by atoms with van der Waals surface area (Å²) in [6, 6.07) is 4.37. The molecule has 3 rings (SSSR count). The minimum absolute atomic E-state index is 0.935. The van der Waals surface area contributed by atoms with E-state index in [1.165, 1.54) is 44.3 Å². The lowest BCUT2D eigenvalue weighted by atomic mass is 10.2. The van der Waals surface area contributed by atoms with Gasteiger partial charge in [0.05, 0.1) is 0 Å². The number of anilines is 1. The lowest BCUT2D eigenvalue weighted by molar-refractivity contribution is 0.244. The maximum atomic E-state index is 4.35. The van der Waals surface area contributed by atoms with E-state index in [0.29, 0.717) is 0 Å². The third-order valence-corrected chi connectivity index (χ3v) is 4.02. The molecule has 1 heterocycles. The zero-order valence-electron chi connectivity index (χ0n) is 11.9. The van der Waals surface area contributed by atoms with E-state index >= 15 is 0 Å². The SMILES string of the molecule is CCNc1cc(CN(CC2CC2)CC2CC2)ccn1. The highest BCUT2D eigenvalue weighted by atomic mass is 15.1. The van der Waals surface area contributed by atoms with Gasteiger partial charge < -0.3 is 5.32 Å². The molecular weight excluding hydrogens is 234 g/mol. The van der Waals surface area contributed by atoms with Gasteiger partial charge in [0.15, 0.2) is 0 Å². The highest BCUT2D eigenvalue weighted by Crippen LogP contribution is 2.34. The summed E-state index contributed by atoms with van der Waals surface area (Å²) < 4.78 is 0. The van der Waals surface area contributed by atoms with E-state index in [2.05, 4.69) is 34.3 Å². The minimum atomic E-state index is 0.935. The quantitative estimate of drug-likeness (QED) is 0.777. The number of pyridine rings is 1. The second kappa shape index (κ2) is 5.91. The van der Waals surface area contributed by atoms with Crippen LogP contribution in [0.4, 0.5) is 5.82 Å². The van der Waals surface area contributed by atoms with Crippen molar-refractivity contribution in [2.24, 2.45) is 11.8 Å². The van der Waals surface area contributed by atoms with Crippen LogP contribution < -0.4 is 5.32 Å². The van der Waals surface area contributed by atoms with Crippen molar-refractivity contribution in [1.82, 2.24) is 9.88 Å². The molecule has 2 aliphatic rings. The molecule has 1 N–H and O–H groups in total. The topological polar surface area (TPSA) is 28.2 Å². The second-order valence-corrected chi connectivity index (χ2v) is 6.16. The number of rotatable bonds is 8. The molecule has 3 nitrogen and oxygen atoms in total. The highest BCUT2D eigenvalue weighted by molar-refractivity contribution is 5.37. The fourth-order valence-corrected chi connectivity index (χ4v) is 2.64. The third-order valence-electron chi connectivity index (χ3n) is 4.02. The van der Waals surface area contributed by atoms with E-state index < -0.39 is 0 Å². The molecule has 0 unspecified atom stereocenters. The smallest absolute Gasteiger partial charge is 0.126 e. The molecule has 0 aliphatic heterocycles. The van der Waals surface area contributed by atoms with Gasteiger partial charge in [-0.25, -0.2) is 4.98 Å². The Morgan fingerprint density at radius 3 is 2.47 bits per heavy atom. The molecule has 2 saturated carbocycles. The van der Waals surface area contributed by atoms with Crippen LogP contribution in [0.5, 0.6) is 0 Å². The van der Waals surface area contributed by atoms with Crippen LogP contribution in [0.1, 0.15) is 38.2 Å². The molecule has 0 aromatic carbocycles. The molecule has 3 heteroatoms. The first kappa shape index (κ1) is 12.9. The fourth-order valence-electron chi connectivity index (χ4n) is 2.64. The Morgan fingerprint density at radius 1 is 1.21 bits per heavy atom. The fraction of sp³-hybridized carbons (Fsp3) is 0.688. The Kier molecular flexibility index (Phi) is 4.02. The summed E-state index contributed by atoms with van der Waals surface area (Å²) in [6.45, 7) is 6.74. The van der Waals surface area contributed by atoms with Crippen LogP contribution in [0.15, 0.2) is 18.3 Å². The van der Waals surface area contributed by atoms with Crippen LogP contribution in [-0.2, 0) is 6.54 Å². The summed E-state index contributed by atoms with van der Waals surface area (Å²) in [6.07, 6.45) is 7.71. The Labute approximate surface area is 116 Å². The van der Waals surface area contributed by atoms with Crippen molar-refractivity contribution in [3.05, 3.63) is 23.9 Å². The summed E-state index contributed by atoms with van der Waals surface area (Å²) >= 11 is 0. The van der Waals surface area contributed by atoms with Crippen LogP contribution in [0.25, 0.3) is 0 Å². The van der Waals surface area contributed by atoms with Gasteiger partial charge in [-0.3, -0.25) is 4.90 Å². The monoisotopic (exact) mass is 259 g/mol. The predicted octanol–water partition coefficient (Wildman–Crippen LogP) is 3.14. The Bertz CT molecular complexity index is 396. The molecule has 2 fully saturated rings. The van der Waals surface area contributed by atoms with Gasteiger partial charge >= 0.3 is 0 Å². The molecular formula is C16H25N3. The molecule has 0 spiro atoms. The zero-order valence-corrected chi connectivity index (χ0v) is 11.9. The predicted molar refractivity (Wildman–Crippen MR) is 79.1 cm³/mol. The van der Waals surface area contributed by atoms with Gasteiger partial charge in [0.25, 0.3) is 0 Å². The van der Waals surface area contributed by atoms with Crippen molar-refractivity contribution >= 4 is 5.82 Å². The van der Waals surface area contributed by atoms with Crippen molar-refractivity contribution in [2.75, 3.05) is 25.0 Å². The van der Waals surface area contributed by atoms with Crippen molar-refractivity contribution in [1.29, 1.82) is 0 Å². The number of nitrogens with zero attached hydrogens (tertiary/aromatic N) is 2. The van der Waals surface area contributed by atoms with Crippen LogP contribution in [0.3, 0.4) is 0 Å². The number of nitrogens with one attached hydrogen (secondary N) is 1. The second-order valence-electron chi connectivity index (χ2n) is 6.16. The van der Waals surface area contributed by atoms with E-state index in [1.807, 2.05) is 6.20 Å². The van der Waals surface area contributed by atoms with Gasteiger partial charge in [0.1, 0.15) is 5.82 Å². The summed E-state index contributed by atoms with van der Waals surface area (Å²) in [4.78, 5) is 7.02. The standard InChI is InChI=1S/C16H25N3/c1-2-17-16-9-15(7-8-18-16)12-19(10-13-3-4-13)11-14-5-6-14/h7-9,13-14H,2-6,10-12H2,1H3,(H,17,18). The van der Waals surface area contributed by atoms with Crippen LogP contribution in [-0.4, -0.2) is 29.5 Å². The van der Waals surface area contributed by atoms with E-state index in [4.69, 9.17) is 0 Å². The molecule has 0 amide bonds. The first-order chi connectivity index (χ1) is 9.33. The van der Waals surface area contributed by atoms with Crippen LogP contribution >= 0.6 is 0 Å². The molecule has 1 aromatic heterocycles. The first-order valence-corrected chi connectivity index (χ1v) is 7.74. The number of hydrogen-bond donors (Lipinski definition) is 1. The normalized spacial score (nSPS) is 18.8. The minimum Gasteiger partial charge on any atom is -0.370 e. The van der Waals surface area contributed by atoms with Gasteiger partial charge in [-0.15, -0.1) is 0 Å². The molecule has 19 heavy (non-hydrogen) atoms. The lowest BCUT2D eigenvalue weighted by Gasteiger charge is -2.22. The van der Waals surface area contributed by atoms with Gasteiger partial charge in [-0.2, -0.15) is 0 Å². The van der Waals surface area contributed by atoms with Gasteiger partial charge in [-0.1, -0.05) is 0 Å². The summed E-state index contributed by atoms with van der Waals surface area (Å²) in [5.74, 6) is 2.97. The summed E-state index contributed by atoms with van der Waals surface area (Å²) in [5.41, 5.74) is 1.40. The van der Waals surface area contributed by atoms with E-state index in [9.17, 15) is 0 Å². The maximum absolute atomic E-state index is 4.35. The Balaban J connectivity index is 1.60. The Hall–Kier alpha value is -1.09. The molecule has 2 aliphatic carbocycles. The summed E-state index contributed by atoms with van der Waals surface area (Å²) in [5, 5.41) is 3.30. The number of hydrogen-bond acceptors (Lipinski definition) is 3. The van der Waals surface area contributed by atoms with Crippen LogP contribution in [0, 0.1) is 11.8 Å². The molecule has 104 valence electrons. The molecule has 1 aromatic rings. The van der Waals surface area contributed by atoms with Crippen molar-refractivity contribution in [3.63, 3.8) is 0 Å². The van der Waals surface area contributed by atoms with Crippen LogP contribution in [0.2, 0.25) is 0 Å². The highest BCUT2D eigenvalue weighted by Gasteiger charge is 2.29. The summed E-state index contributed by atoms with van der Waals surface area (Å²) in [7, 11) is 0. The van der Waals surface area contributed by atoms with E-state index in [-0.39, 0.29) is 0 Å². The van der Waals surface area contributed by atoms with E-state index in [0.717, 1.165) is 30.7 Å².